The summed E-state index contributed by atoms with van der Waals surface area (Å²) in [7, 11) is 0. The van der Waals surface area contributed by atoms with E-state index in [9.17, 15) is 9.59 Å². The van der Waals surface area contributed by atoms with Crippen molar-refractivity contribution in [2.75, 3.05) is 12.3 Å². The second kappa shape index (κ2) is 10.2. The third kappa shape index (κ3) is 6.79. The third-order valence-electron chi connectivity index (χ3n) is 3.91. The number of thioether (sulfide) groups is 1. The maximum atomic E-state index is 12.0. The Morgan fingerprint density at radius 2 is 2.04 bits per heavy atom. The highest BCUT2D eigenvalue weighted by Crippen LogP contribution is 2.19. The van der Waals surface area contributed by atoms with Crippen molar-refractivity contribution in [3.8, 4) is 0 Å². The van der Waals surface area contributed by atoms with Gasteiger partial charge in [0.15, 0.2) is 6.10 Å². The molecule has 1 amide bonds. The summed E-state index contributed by atoms with van der Waals surface area (Å²) >= 11 is 1.41. The first-order valence-corrected chi connectivity index (χ1v) is 9.46. The number of carbonyl (C=O) groups excluding carboxylic acids is 2. The van der Waals surface area contributed by atoms with E-state index in [4.69, 9.17) is 4.74 Å². The molecule has 0 saturated heterocycles. The van der Waals surface area contributed by atoms with Crippen molar-refractivity contribution in [2.45, 2.75) is 50.0 Å². The summed E-state index contributed by atoms with van der Waals surface area (Å²) in [5, 5.41) is 2.85. The van der Waals surface area contributed by atoms with Crippen LogP contribution in [0.1, 0.15) is 39.0 Å². The smallest absolute Gasteiger partial charge is 0.317 e. The van der Waals surface area contributed by atoms with Gasteiger partial charge in [0.25, 0.3) is 5.91 Å². The number of hydrogen-bond acceptors (Lipinski definition) is 4. The lowest BCUT2D eigenvalue weighted by atomic mass is 9.97. The molecule has 1 aliphatic carbocycles. The number of carbonyl (C=O) groups is 2. The second-order valence-corrected chi connectivity index (χ2v) is 6.93. The van der Waals surface area contributed by atoms with Gasteiger partial charge in [-0.25, -0.2) is 0 Å². The summed E-state index contributed by atoms with van der Waals surface area (Å²) < 4.78 is 5.19. The predicted octanol–water partition coefficient (Wildman–Crippen LogP) is 3.72. The fraction of sp³-hybridized carbons (Fsp3) is 0.474. The van der Waals surface area contributed by atoms with Crippen LogP contribution in [0.4, 0.5) is 0 Å². The maximum absolute atomic E-state index is 12.0. The summed E-state index contributed by atoms with van der Waals surface area (Å²) in [4.78, 5) is 24.8. The standard InChI is InChI=1S/C19H25NO3S/c1-15(19(22)20-13-12-16-8-4-2-5-9-16)23-18(21)14-24-17-10-6-3-7-11-17/h3,6-8,10-11,15H,2,4-5,9,12-14H2,1H3,(H,20,22)/t15-/m1/s1. The SMILES string of the molecule is C[C@@H](OC(=O)CSc1ccccc1)C(=O)NCCC1=CCCCC1. The van der Waals surface area contributed by atoms with Crippen molar-refractivity contribution in [1.29, 1.82) is 0 Å². The number of amides is 1. The van der Waals surface area contributed by atoms with Gasteiger partial charge in [-0.2, -0.15) is 0 Å². The van der Waals surface area contributed by atoms with Crippen molar-refractivity contribution in [3.05, 3.63) is 42.0 Å². The fourth-order valence-corrected chi connectivity index (χ4v) is 3.27. The zero-order valence-corrected chi connectivity index (χ0v) is 14.9. The zero-order chi connectivity index (χ0) is 17.2. The first-order valence-electron chi connectivity index (χ1n) is 8.48. The molecule has 4 nitrogen and oxygen atoms in total. The molecule has 0 spiro atoms. The monoisotopic (exact) mass is 347 g/mol. The Labute approximate surface area is 148 Å². The predicted molar refractivity (Wildman–Crippen MR) is 96.9 cm³/mol. The molecule has 0 fully saturated rings. The summed E-state index contributed by atoms with van der Waals surface area (Å²) in [6, 6.07) is 9.65. The van der Waals surface area contributed by atoms with Crippen molar-refractivity contribution < 1.29 is 14.3 Å². The summed E-state index contributed by atoms with van der Waals surface area (Å²) in [5.41, 5.74) is 1.42. The minimum Gasteiger partial charge on any atom is -0.452 e. The van der Waals surface area contributed by atoms with Crippen LogP contribution in [0.3, 0.4) is 0 Å². The van der Waals surface area contributed by atoms with Gasteiger partial charge in [-0.05, 0) is 51.2 Å². The molecular weight excluding hydrogens is 322 g/mol. The number of esters is 1. The molecule has 0 heterocycles. The van der Waals surface area contributed by atoms with Crippen LogP contribution in [0.2, 0.25) is 0 Å². The lowest BCUT2D eigenvalue weighted by molar-refractivity contribution is -0.152. The number of ether oxygens (including phenoxy) is 1. The van der Waals surface area contributed by atoms with Gasteiger partial charge in [-0.15, -0.1) is 11.8 Å². The van der Waals surface area contributed by atoms with Crippen LogP contribution in [-0.4, -0.2) is 30.3 Å². The molecule has 1 N–H and O–H groups in total. The summed E-state index contributed by atoms with van der Waals surface area (Å²) in [6.07, 6.45) is 7.20. The molecule has 0 bridgehead atoms. The Kier molecular flexibility index (Phi) is 7.89. The van der Waals surface area contributed by atoms with Gasteiger partial charge < -0.3 is 10.1 Å². The van der Waals surface area contributed by atoms with E-state index in [2.05, 4.69) is 11.4 Å². The second-order valence-electron chi connectivity index (χ2n) is 5.88. The normalized spacial score (nSPS) is 15.3. The average molecular weight is 347 g/mol. The van der Waals surface area contributed by atoms with E-state index in [-0.39, 0.29) is 17.6 Å². The summed E-state index contributed by atoms with van der Waals surface area (Å²) in [5.74, 6) is -0.403. The number of benzene rings is 1. The van der Waals surface area contributed by atoms with Gasteiger partial charge in [0.1, 0.15) is 0 Å². The van der Waals surface area contributed by atoms with Crippen molar-refractivity contribution in [1.82, 2.24) is 5.32 Å². The lowest BCUT2D eigenvalue weighted by Crippen LogP contribution is -2.36. The molecule has 1 aliphatic rings. The van der Waals surface area contributed by atoms with Crippen LogP contribution in [0.15, 0.2) is 46.9 Å². The Bertz CT molecular complexity index is 571. The number of nitrogens with one attached hydrogen (secondary N) is 1. The van der Waals surface area contributed by atoms with Gasteiger partial charge in [-0.1, -0.05) is 29.8 Å². The number of allylic oxidation sites excluding steroid dienone is 1. The topological polar surface area (TPSA) is 55.4 Å². The lowest BCUT2D eigenvalue weighted by Gasteiger charge is -2.15. The largest absolute Gasteiger partial charge is 0.452 e. The van der Waals surface area contributed by atoms with Crippen molar-refractivity contribution in [3.63, 3.8) is 0 Å². The highest BCUT2D eigenvalue weighted by Gasteiger charge is 2.17. The van der Waals surface area contributed by atoms with Gasteiger partial charge in [0.05, 0.1) is 5.75 Å². The quantitative estimate of drug-likeness (QED) is 0.442. The highest BCUT2D eigenvalue weighted by atomic mass is 32.2. The maximum Gasteiger partial charge on any atom is 0.317 e. The van der Waals surface area contributed by atoms with E-state index < -0.39 is 6.10 Å². The molecule has 0 radical (unpaired) electrons. The number of hydrogen-bond donors (Lipinski definition) is 1. The molecule has 1 aromatic rings. The Morgan fingerprint density at radius 1 is 1.25 bits per heavy atom. The van der Waals surface area contributed by atoms with Crippen molar-refractivity contribution >= 4 is 23.6 Å². The molecule has 24 heavy (non-hydrogen) atoms. The highest BCUT2D eigenvalue weighted by molar-refractivity contribution is 8.00. The molecule has 2 rings (SSSR count). The minimum atomic E-state index is -0.755. The van der Waals surface area contributed by atoms with Crippen LogP contribution in [0, 0.1) is 0 Å². The van der Waals surface area contributed by atoms with Crippen LogP contribution in [0.5, 0.6) is 0 Å². The van der Waals surface area contributed by atoms with Crippen LogP contribution in [-0.2, 0) is 14.3 Å². The van der Waals surface area contributed by atoms with E-state index in [1.165, 1.54) is 30.2 Å². The molecular formula is C19H25NO3S. The van der Waals surface area contributed by atoms with E-state index in [1.807, 2.05) is 30.3 Å². The van der Waals surface area contributed by atoms with Crippen LogP contribution in [0.25, 0.3) is 0 Å². The molecule has 0 aliphatic heterocycles. The van der Waals surface area contributed by atoms with Gasteiger partial charge in [-0.3, -0.25) is 9.59 Å². The van der Waals surface area contributed by atoms with Crippen LogP contribution >= 0.6 is 11.8 Å². The van der Waals surface area contributed by atoms with Crippen LogP contribution < -0.4 is 5.32 Å². The van der Waals surface area contributed by atoms with Crippen molar-refractivity contribution in [2.24, 2.45) is 0 Å². The molecule has 130 valence electrons. The van der Waals surface area contributed by atoms with Gasteiger partial charge >= 0.3 is 5.97 Å². The molecule has 0 saturated carbocycles. The number of rotatable bonds is 8. The molecule has 1 aromatic carbocycles. The third-order valence-corrected chi connectivity index (χ3v) is 4.89. The average Bonchev–Trinajstić information content (AvgIpc) is 2.61. The Balaban J connectivity index is 1.63. The van der Waals surface area contributed by atoms with E-state index in [1.54, 1.807) is 6.92 Å². The molecule has 5 heteroatoms. The molecule has 0 unspecified atom stereocenters. The van der Waals surface area contributed by atoms with E-state index in [0.29, 0.717) is 6.54 Å². The van der Waals surface area contributed by atoms with Gasteiger partial charge in [0, 0.05) is 11.4 Å². The van der Waals surface area contributed by atoms with Gasteiger partial charge in [0.2, 0.25) is 0 Å². The minimum absolute atomic E-state index is 0.203. The fourth-order valence-electron chi connectivity index (χ4n) is 2.57. The molecule has 0 aromatic heterocycles. The van der Waals surface area contributed by atoms with E-state index >= 15 is 0 Å². The Hall–Kier alpha value is -1.75. The Morgan fingerprint density at radius 3 is 2.75 bits per heavy atom. The van der Waals surface area contributed by atoms with E-state index in [0.717, 1.165) is 24.2 Å². The molecule has 1 atom stereocenters. The first-order chi connectivity index (χ1) is 11.6. The first kappa shape index (κ1) is 18.6. The summed E-state index contributed by atoms with van der Waals surface area (Å²) in [6.45, 7) is 2.21. The zero-order valence-electron chi connectivity index (χ0n) is 14.1.